The fraction of sp³-hybridized carbons (Fsp3) is 0.500. The minimum Gasteiger partial charge on any atom is -0.307 e. The second-order valence-corrected chi connectivity index (χ2v) is 7.72. The molecule has 1 saturated heterocycles. The Hall–Kier alpha value is -0.540. The molecule has 19 heavy (non-hydrogen) atoms. The summed E-state index contributed by atoms with van der Waals surface area (Å²) < 4.78 is 26.7. The van der Waals surface area contributed by atoms with Crippen LogP contribution in [0.3, 0.4) is 0 Å². The zero-order valence-corrected chi connectivity index (χ0v) is 12.5. The van der Waals surface area contributed by atoms with Crippen molar-refractivity contribution in [2.24, 2.45) is 5.84 Å². The Morgan fingerprint density at radius 3 is 2.95 bits per heavy atom. The number of anilines is 1. The Morgan fingerprint density at radius 1 is 1.58 bits per heavy atom. The van der Waals surface area contributed by atoms with Crippen molar-refractivity contribution in [3.8, 4) is 0 Å². The van der Waals surface area contributed by atoms with Crippen LogP contribution in [-0.2, 0) is 10.0 Å². The molecule has 1 fully saturated rings. The topological polar surface area (TPSA) is 97.1 Å². The zero-order valence-electron chi connectivity index (χ0n) is 10.1. The number of thioether (sulfide) groups is 1. The number of hydrogen-bond donors (Lipinski definition) is 3. The van der Waals surface area contributed by atoms with Crippen LogP contribution in [0.5, 0.6) is 0 Å². The summed E-state index contributed by atoms with van der Waals surface area (Å²) in [5.41, 5.74) is 2.29. The molecule has 0 bridgehead atoms. The summed E-state index contributed by atoms with van der Waals surface area (Å²) in [6.07, 6.45) is 3.41. The normalized spacial score (nSPS) is 19.6. The van der Waals surface area contributed by atoms with Crippen LogP contribution in [0.4, 0.5) is 5.82 Å². The quantitative estimate of drug-likeness (QED) is 0.556. The van der Waals surface area contributed by atoms with Crippen LogP contribution in [0.1, 0.15) is 12.8 Å². The van der Waals surface area contributed by atoms with Crippen molar-refractivity contribution in [3.05, 3.63) is 17.3 Å². The van der Waals surface area contributed by atoms with E-state index in [1.165, 1.54) is 12.3 Å². The van der Waals surface area contributed by atoms with Gasteiger partial charge >= 0.3 is 0 Å². The summed E-state index contributed by atoms with van der Waals surface area (Å²) in [6, 6.07) is 1.33. The summed E-state index contributed by atoms with van der Waals surface area (Å²) in [5, 5.41) is 0.517. The standard InChI is InChI=1S/C10H15ClN4O2S2/c11-9-4-8(6-13-10(9)15-12)19(16,17)14-5-7-2-1-3-18-7/h4,6-7,14H,1-3,5,12H2,(H,13,15). The Labute approximate surface area is 121 Å². The number of hydrogen-bond acceptors (Lipinski definition) is 6. The average Bonchev–Trinajstić information content (AvgIpc) is 2.89. The van der Waals surface area contributed by atoms with Gasteiger partial charge in [0.15, 0.2) is 5.82 Å². The summed E-state index contributed by atoms with van der Waals surface area (Å²) in [6.45, 7) is 0.432. The van der Waals surface area contributed by atoms with Crippen molar-refractivity contribution >= 4 is 39.2 Å². The number of sulfonamides is 1. The molecule has 9 heteroatoms. The monoisotopic (exact) mass is 322 g/mol. The molecular formula is C10H15ClN4O2S2. The van der Waals surface area contributed by atoms with Gasteiger partial charge in [0.1, 0.15) is 4.90 Å². The first-order valence-electron chi connectivity index (χ1n) is 5.76. The molecule has 0 spiro atoms. The van der Waals surface area contributed by atoms with Gasteiger partial charge in [-0.2, -0.15) is 11.8 Å². The van der Waals surface area contributed by atoms with Gasteiger partial charge in [-0.3, -0.25) is 0 Å². The van der Waals surface area contributed by atoms with E-state index < -0.39 is 10.0 Å². The number of nitrogen functional groups attached to an aromatic ring is 1. The zero-order chi connectivity index (χ0) is 13.9. The number of halogens is 1. The maximum Gasteiger partial charge on any atom is 0.242 e. The van der Waals surface area contributed by atoms with E-state index in [4.69, 9.17) is 17.4 Å². The maximum absolute atomic E-state index is 12.1. The highest BCUT2D eigenvalue weighted by molar-refractivity contribution is 8.00. The van der Waals surface area contributed by atoms with Gasteiger partial charge in [-0.25, -0.2) is 24.0 Å². The predicted octanol–water partition coefficient (Wildman–Crippen LogP) is 1.19. The summed E-state index contributed by atoms with van der Waals surface area (Å²) in [5.74, 6) is 6.52. The second kappa shape index (κ2) is 6.27. The molecule has 2 rings (SSSR count). The largest absolute Gasteiger partial charge is 0.307 e. The molecule has 6 nitrogen and oxygen atoms in total. The molecule has 1 aromatic rings. The van der Waals surface area contributed by atoms with E-state index in [1.54, 1.807) is 11.8 Å². The fourth-order valence-corrected chi connectivity index (χ4v) is 4.41. The van der Waals surface area contributed by atoms with Crippen LogP contribution < -0.4 is 16.0 Å². The first kappa shape index (κ1) is 14.9. The third kappa shape index (κ3) is 3.73. The molecule has 1 atom stereocenters. The Bertz CT molecular complexity index is 546. The predicted molar refractivity (Wildman–Crippen MR) is 77.7 cm³/mol. The lowest BCUT2D eigenvalue weighted by Gasteiger charge is -2.11. The van der Waals surface area contributed by atoms with Gasteiger partial charge in [0, 0.05) is 18.0 Å². The van der Waals surface area contributed by atoms with Crippen molar-refractivity contribution in [1.82, 2.24) is 9.71 Å². The van der Waals surface area contributed by atoms with Crippen LogP contribution in [0.25, 0.3) is 0 Å². The van der Waals surface area contributed by atoms with Crippen molar-refractivity contribution in [2.45, 2.75) is 23.0 Å². The molecule has 1 aromatic heterocycles. The smallest absolute Gasteiger partial charge is 0.242 e. The van der Waals surface area contributed by atoms with E-state index in [-0.39, 0.29) is 15.7 Å². The number of nitrogens with one attached hydrogen (secondary N) is 2. The first-order valence-corrected chi connectivity index (χ1v) is 8.67. The molecule has 1 unspecified atom stereocenters. The van der Waals surface area contributed by atoms with E-state index >= 15 is 0 Å². The number of rotatable bonds is 5. The van der Waals surface area contributed by atoms with Gasteiger partial charge in [0.05, 0.1) is 5.02 Å². The van der Waals surface area contributed by atoms with E-state index in [2.05, 4.69) is 15.1 Å². The van der Waals surface area contributed by atoms with Gasteiger partial charge in [0.25, 0.3) is 0 Å². The maximum atomic E-state index is 12.1. The highest BCUT2D eigenvalue weighted by atomic mass is 35.5. The highest BCUT2D eigenvalue weighted by Crippen LogP contribution is 2.26. The van der Waals surface area contributed by atoms with E-state index in [0.717, 1.165) is 18.6 Å². The second-order valence-electron chi connectivity index (χ2n) is 4.13. The van der Waals surface area contributed by atoms with Gasteiger partial charge in [0.2, 0.25) is 10.0 Å². The molecule has 0 amide bonds. The fourth-order valence-electron chi connectivity index (χ4n) is 1.76. The SMILES string of the molecule is NNc1ncc(S(=O)(=O)NCC2CCCS2)cc1Cl. The molecule has 0 aromatic carbocycles. The molecular weight excluding hydrogens is 308 g/mol. The number of nitrogens with two attached hydrogens (primary N) is 1. The summed E-state index contributed by atoms with van der Waals surface area (Å²) in [7, 11) is -3.57. The summed E-state index contributed by atoms with van der Waals surface area (Å²) >= 11 is 7.65. The number of pyridine rings is 1. The third-order valence-corrected chi connectivity index (χ3v) is 5.86. The lowest BCUT2D eigenvalue weighted by atomic mass is 10.2. The van der Waals surface area contributed by atoms with Gasteiger partial charge < -0.3 is 5.43 Å². The van der Waals surface area contributed by atoms with E-state index in [0.29, 0.717) is 11.8 Å². The van der Waals surface area contributed by atoms with Crippen LogP contribution in [0.2, 0.25) is 5.02 Å². The third-order valence-electron chi connectivity index (χ3n) is 2.79. The lowest BCUT2D eigenvalue weighted by Crippen LogP contribution is -2.30. The molecule has 0 saturated carbocycles. The van der Waals surface area contributed by atoms with Crippen molar-refractivity contribution in [1.29, 1.82) is 0 Å². The Morgan fingerprint density at radius 2 is 2.37 bits per heavy atom. The lowest BCUT2D eigenvalue weighted by molar-refractivity contribution is 0.578. The molecule has 2 heterocycles. The minimum absolute atomic E-state index is 0.0412. The van der Waals surface area contributed by atoms with Gasteiger partial charge in [-0.1, -0.05) is 11.6 Å². The van der Waals surface area contributed by atoms with Crippen molar-refractivity contribution in [2.75, 3.05) is 17.7 Å². The molecule has 0 aliphatic carbocycles. The van der Waals surface area contributed by atoms with Crippen LogP contribution in [-0.4, -0.2) is 30.9 Å². The molecule has 4 N–H and O–H groups in total. The molecule has 1 aliphatic rings. The molecule has 106 valence electrons. The van der Waals surface area contributed by atoms with Gasteiger partial charge in [-0.15, -0.1) is 0 Å². The van der Waals surface area contributed by atoms with Crippen LogP contribution >= 0.6 is 23.4 Å². The van der Waals surface area contributed by atoms with Crippen molar-refractivity contribution < 1.29 is 8.42 Å². The van der Waals surface area contributed by atoms with Crippen LogP contribution in [0, 0.1) is 0 Å². The van der Waals surface area contributed by atoms with E-state index in [1.807, 2.05) is 0 Å². The van der Waals surface area contributed by atoms with E-state index in [9.17, 15) is 8.42 Å². The Kier molecular flexibility index (Phi) is 4.91. The highest BCUT2D eigenvalue weighted by Gasteiger charge is 2.21. The number of hydrazine groups is 1. The number of nitrogens with zero attached hydrogens (tertiary/aromatic N) is 1. The van der Waals surface area contributed by atoms with Gasteiger partial charge in [-0.05, 0) is 24.7 Å². The Balaban J connectivity index is 2.08. The minimum atomic E-state index is -3.57. The number of aromatic nitrogens is 1. The van der Waals surface area contributed by atoms with Crippen molar-refractivity contribution in [3.63, 3.8) is 0 Å². The first-order chi connectivity index (χ1) is 9.03. The average molecular weight is 323 g/mol. The molecule has 0 radical (unpaired) electrons. The summed E-state index contributed by atoms with van der Waals surface area (Å²) in [4.78, 5) is 3.89. The molecule has 1 aliphatic heterocycles. The van der Waals surface area contributed by atoms with Crippen LogP contribution in [0.15, 0.2) is 17.2 Å².